The largest absolute Gasteiger partial charge is 0.393 e. The second-order valence-electron chi connectivity index (χ2n) is 14.9. The number of epoxide rings is 2. The maximum atomic E-state index is 10.8. The molecule has 33 heavy (non-hydrogen) atoms. The number of hydrogen-bond donors (Lipinski definition) is 1. The number of ether oxygens (including phenoxy) is 2. The molecule has 1 N–H and O–H groups in total. The lowest BCUT2D eigenvalue weighted by atomic mass is 9.41. The third-order valence-electron chi connectivity index (χ3n) is 12.9. The van der Waals surface area contributed by atoms with Gasteiger partial charge in [0.05, 0.1) is 17.8 Å². The maximum Gasteiger partial charge on any atom is 0.115 e. The minimum absolute atomic E-state index is 0.0143. The van der Waals surface area contributed by atoms with Crippen LogP contribution >= 0.6 is 0 Å². The fraction of sp³-hybridized carbons (Fsp3) is 0.933. The summed E-state index contributed by atoms with van der Waals surface area (Å²) in [6.07, 6.45) is 12.2. The van der Waals surface area contributed by atoms with Crippen molar-refractivity contribution in [3.05, 3.63) is 11.6 Å². The van der Waals surface area contributed by atoms with Gasteiger partial charge in [-0.15, -0.1) is 0 Å². The molecule has 0 radical (unpaired) electrons. The predicted octanol–water partition coefficient (Wildman–Crippen LogP) is 6.53. The SMILES string of the molecule is C[C@@H]([C@H]1O[C@@H]1[C@@H]1OC1(C)C)[C@@H]1CC[C@]2(C)C3=CC[C@H]4C(C)(C)[C@@H](O)CC[C@]4(C)[C@H]3CC[C@@]12C. The van der Waals surface area contributed by atoms with E-state index in [4.69, 9.17) is 9.47 Å². The first-order valence-corrected chi connectivity index (χ1v) is 14.0. The van der Waals surface area contributed by atoms with E-state index in [1.165, 1.54) is 32.1 Å². The molecule has 11 atom stereocenters. The van der Waals surface area contributed by atoms with Crippen LogP contribution in [0.15, 0.2) is 11.6 Å². The first-order valence-electron chi connectivity index (χ1n) is 14.0. The van der Waals surface area contributed by atoms with Crippen molar-refractivity contribution >= 4 is 0 Å². The van der Waals surface area contributed by atoms with E-state index in [9.17, 15) is 5.11 Å². The Balaban J connectivity index is 1.27. The van der Waals surface area contributed by atoms with Crippen LogP contribution in [0.2, 0.25) is 0 Å². The minimum atomic E-state index is -0.154. The molecule has 0 aromatic heterocycles. The zero-order valence-electron chi connectivity index (χ0n) is 22.4. The van der Waals surface area contributed by atoms with Gasteiger partial charge in [0.2, 0.25) is 0 Å². The lowest BCUT2D eigenvalue weighted by Crippen LogP contribution is -2.58. The number of allylic oxidation sites excluding steroid dienone is 2. The smallest absolute Gasteiger partial charge is 0.115 e. The topological polar surface area (TPSA) is 45.3 Å². The minimum Gasteiger partial charge on any atom is -0.393 e. The first kappa shape index (κ1) is 23.0. The molecular weight excluding hydrogens is 408 g/mol. The van der Waals surface area contributed by atoms with E-state index in [0.717, 1.165) is 18.8 Å². The Morgan fingerprint density at radius 2 is 1.67 bits per heavy atom. The third-order valence-corrected chi connectivity index (χ3v) is 12.9. The molecule has 6 aliphatic rings. The van der Waals surface area contributed by atoms with E-state index in [2.05, 4.69) is 61.5 Å². The highest BCUT2D eigenvalue weighted by Gasteiger charge is 2.69. The van der Waals surface area contributed by atoms with Gasteiger partial charge in [-0.25, -0.2) is 0 Å². The summed E-state index contributed by atoms with van der Waals surface area (Å²) < 4.78 is 12.2. The standard InChI is InChI=1S/C30H48O3/c1-17(23-24(32-23)25-27(4,5)33-25)18-11-15-30(8)20-9-10-21-26(2,3)22(31)13-14-28(21,6)19(20)12-16-29(18,30)7/h9,17-19,21-25,31H,10-16H2,1-8H3/t17-,18+,19+,21+,22+,23-,24+,25+,28-,29+,30-/m1/s1. The number of hydrogen-bond acceptors (Lipinski definition) is 3. The van der Waals surface area contributed by atoms with E-state index in [1.807, 2.05) is 0 Å². The molecule has 5 fully saturated rings. The molecule has 3 nitrogen and oxygen atoms in total. The van der Waals surface area contributed by atoms with Crippen molar-refractivity contribution in [2.24, 2.45) is 45.3 Å². The van der Waals surface area contributed by atoms with Gasteiger partial charge in [-0.3, -0.25) is 0 Å². The number of fused-ring (bicyclic) bond motifs is 5. The summed E-state index contributed by atoms with van der Waals surface area (Å²) in [5.74, 6) is 2.63. The van der Waals surface area contributed by atoms with Gasteiger partial charge in [-0.05, 0) is 104 Å². The zero-order valence-corrected chi connectivity index (χ0v) is 22.4. The molecule has 0 unspecified atom stereocenters. The molecule has 0 aromatic carbocycles. The summed E-state index contributed by atoms with van der Waals surface area (Å²) >= 11 is 0. The van der Waals surface area contributed by atoms with Crippen LogP contribution in [0.4, 0.5) is 0 Å². The van der Waals surface area contributed by atoms with E-state index < -0.39 is 0 Å². The van der Waals surface area contributed by atoms with Crippen LogP contribution in [0.1, 0.15) is 100 Å². The van der Waals surface area contributed by atoms with E-state index in [0.29, 0.717) is 52.3 Å². The molecular formula is C30H48O3. The zero-order chi connectivity index (χ0) is 23.8. The van der Waals surface area contributed by atoms with Crippen LogP contribution in [0.25, 0.3) is 0 Å². The molecule has 186 valence electrons. The van der Waals surface area contributed by atoms with Gasteiger partial charge >= 0.3 is 0 Å². The summed E-state index contributed by atoms with van der Waals surface area (Å²) in [6, 6.07) is 0. The Hall–Kier alpha value is -0.380. The van der Waals surface area contributed by atoms with Crippen LogP contribution in [-0.2, 0) is 9.47 Å². The summed E-state index contributed by atoms with van der Waals surface area (Å²) in [6.45, 7) is 19.4. The van der Waals surface area contributed by atoms with Crippen molar-refractivity contribution in [1.29, 1.82) is 0 Å². The third kappa shape index (κ3) is 2.85. The molecule has 3 saturated carbocycles. The molecule has 0 aromatic rings. The molecule has 4 aliphatic carbocycles. The van der Waals surface area contributed by atoms with Gasteiger partial charge in [0, 0.05) is 0 Å². The number of rotatable bonds is 3. The average Bonchev–Trinajstić information content (AvgIpc) is 3.62. The number of aliphatic hydroxyl groups excluding tert-OH is 1. The quantitative estimate of drug-likeness (QED) is 0.388. The lowest BCUT2D eigenvalue weighted by Gasteiger charge is -2.64. The van der Waals surface area contributed by atoms with E-state index in [-0.39, 0.29) is 17.1 Å². The normalized spacial score (nSPS) is 56.8. The van der Waals surface area contributed by atoms with Gasteiger partial charge in [-0.2, -0.15) is 0 Å². The Labute approximate surface area is 202 Å². The fourth-order valence-electron chi connectivity index (χ4n) is 10.4. The Morgan fingerprint density at radius 1 is 0.970 bits per heavy atom. The van der Waals surface area contributed by atoms with Gasteiger partial charge < -0.3 is 14.6 Å². The lowest BCUT2D eigenvalue weighted by molar-refractivity contribution is -0.131. The maximum absolute atomic E-state index is 10.8. The molecule has 3 heteroatoms. The molecule has 0 amide bonds. The Morgan fingerprint density at radius 3 is 2.33 bits per heavy atom. The van der Waals surface area contributed by atoms with Crippen molar-refractivity contribution in [3.63, 3.8) is 0 Å². The van der Waals surface area contributed by atoms with Crippen LogP contribution in [0.3, 0.4) is 0 Å². The van der Waals surface area contributed by atoms with Crippen molar-refractivity contribution < 1.29 is 14.6 Å². The van der Waals surface area contributed by atoms with Crippen molar-refractivity contribution in [3.8, 4) is 0 Å². The van der Waals surface area contributed by atoms with Gasteiger partial charge in [-0.1, -0.05) is 53.2 Å². The summed E-state index contributed by atoms with van der Waals surface area (Å²) in [5.41, 5.74) is 2.84. The average molecular weight is 457 g/mol. The Kier molecular flexibility index (Phi) is 4.66. The summed E-state index contributed by atoms with van der Waals surface area (Å²) in [4.78, 5) is 0. The molecule has 0 bridgehead atoms. The highest BCUT2D eigenvalue weighted by atomic mass is 16.7. The van der Waals surface area contributed by atoms with Crippen LogP contribution in [0, 0.1) is 45.3 Å². The summed E-state index contributed by atoms with van der Waals surface area (Å²) in [7, 11) is 0. The van der Waals surface area contributed by atoms with Crippen molar-refractivity contribution in [2.45, 2.75) is 130 Å². The first-order chi connectivity index (χ1) is 15.3. The van der Waals surface area contributed by atoms with E-state index in [1.54, 1.807) is 5.57 Å². The van der Waals surface area contributed by atoms with Crippen molar-refractivity contribution in [1.82, 2.24) is 0 Å². The second kappa shape index (κ2) is 6.68. The monoisotopic (exact) mass is 456 g/mol. The fourth-order valence-corrected chi connectivity index (χ4v) is 10.4. The van der Waals surface area contributed by atoms with E-state index >= 15 is 0 Å². The Bertz CT molecular complexity index is 874. The van der Waals surface area contributed by atoms with Crippen LogP contribution in [0.5, 0.6) is 0 Å². The number of aliphatic hydroxyl groups is 1. The molecule has 6 rings (SSSR count). The molecule has 2 saturated heterocycles. The van der Waals surface area contributed by atoms with Crippen LogP contribution in [-0.4, -0.2) is 35.1 Å². The highest BCUT2D eigenvalue weighted by Crippen LogP contribution is 2.73. The predicted molar refractivity (Wildman–Crippen MR) is 132 cm³/mol. The second-order valence-corrected chi connectivity index (χ2v) is 14.9. The molecule has 2 heterocycles. The van der Waals surface area contributed by atoms with Gasteiger partial charge in [0.15, 0.2) is 0 Å². The summed E-state index contributed by atoms with van der Waals surface area (Å²) in [5, 5.41) is 10.8. The molecule has 0 spiro atoms. The van der Waals surface area contributed by atoms with Gasteiger partial charge in [0.1, 0.15) is 12.2 Å². The highest BCUT2D eigenvalue weighted by molar-refractivity contribution is 5.33. The van der Waals surface area contributed by atoms with Crippen molar-refractivity contribution in [2.75, 3.05) is 0 Å². The van der Waals surface area contributed by atoms with Gasteiger partial charge in [0.25, 0.3) is 0 Å². The molecule has 2 aliphatic heterocycles. The van der Waals surface area contributed by atoms with Crippen LogP contribution < -0.4 is 0 Å².